The normalized spacial score (nSPS) is 25.4. The van der Waals surface area contributed by atoms with Crippen molar-refractivity contribution in [2.75, 3.05) is 13.1 Å². The van der Waals surface area contributed by atoms with Crippen molar-refractivity contribution in [2.45, 2.75) is 90.3 Å². The number of ether oxygens (including phenoxy) is 2. The largest absolute Gasteiger partial charge is 0.443 e. The van der Waals surface area contributed by atoms with E-state index in [2.05, 4.69) is 13.8 Å². The van der Waals surface area contributed by atoms with E-state index in [9.17, 15) is 19.2 Å². The van der Waals surface area contributed by atoms with Crippen molar-refractivity contribution in [1.82, 2.24) is 9.80 Å². The second-order valence-electron chi connectivity index (χ2n) is 19.3. The van der Waals surface area contributed by atoms with Crippen LogP contribution in [0.4, 0.5) is 9.59 Å². The van der Waals surface area contributed by atoms with Gasteiger partial charge >= 0.3 is 12.2 Å². The third-order valence-corrected chi connectivity index (χ3v) is 13.5. The fraction of sp³-hybridized carbons (Fsp3) is 0.385. The molecule has 8 nitrogen and oxygen atoms in total. The zero-order valence-electron chi connectivity index (χ0n) is 37.3. The molecule has 2 heterocycles. The Bertz CT molecular complexity index is 2280. The van der Waals surface area contributed by atoms with Crippen LogP contribution in [0.5, 0.6) is 0 Å². The molecule has 8 rings (SSSR count). The van der Waals surface area contributed by atoms with Crippen LogP contribution in [0.1, 0.15) is 101 Å². The van der Waals surface area contributed by atoms with Gasteiger partial charge in [-0.05, 0) is 138 Å². The Hall–Kier alpha value is -4.60. The average molecular weight is 945 g/mol. The molecule has 2 saturated heterocycles. The zero-order valence-corrected chi connectivity index (χ0v) is 40.3. The van der Waals surface area contributed by atoms with Gasteiger partial charge in [0, 0.05) is 56.9 Å². The molecule has 2 aliphatic heterocycles. The van der Waals surface area contributed by atoms with Gasteiger partial charge in [0.25, 0.3) is 0 Å². The lowest BCUT2D eigenvalue weighted by atomic mass is 9.64. The van der Waals surface area contributed by atoms with E-state index >= 15 is 0 Å². The van der Waals surface area contributed by atoms with E-state index in [0.717, 1.165) is 33.4 Å². The van der Waals surface area contributed by atoms with E-state index < -0.39 is 23.4 Å². The minimum absolute atomic E-state index is 0.000158. The summed E-state index contributed by atoms with van der Waals surface area (Å²) in [5.74, 6) is -1.16. The number of imide groups is 2. The highest BCUT2D eigenvalue weighted by Crippen LogP contribution is 2.54. The molecule has 0 unspecified atom stereocenters. The third-order valence-electron chi connectivity index (χ3n) is 12.5. The average Bonchev–Trinajstić information content (AvgIpc) is 3.73. The SMILES string of the molecule is CC1=C[C@@H]2C(=O)N(C(=O)OC(C)(C)C)C[C@H]2[C@@H](c2ccc(Cl)cc2)[C@@H]1c1ccc(Cl)cc1.CC1=C[C@H]2C(=O)N(C(=O)OC(C)(C)C)C[C@H]2[C@@H](c2ccc(Cl)cc2)[C@H]1c1ccc(Cl)cc1. The molecule has 0 bridgehead atoms. The molecule has 4 amide bonds. The molecule has 12 heteroatoms. The monoisotopic (exact) mass is 942 g/mol. The maximum absolute atomic E-state index is 13.3. The van der Waals surface area contributed by atoms with Crippen LogP contribution in [-0.2, 0) is 19.1 Å². The first-order valence-corrected chi connectivity index (χ1v) is 23.1. The highest BCUT2D eigenvalue weighted by molar-refractivity contribution is 6.31. The van der Waals surface area contributed by atoms with Crippen LogP contribution in [0, 0.1) is 23.7 Å². The lowest BCUT2D eigenvalue weighted by molar-refractivity contribution is -0.130. The van der Waals surface area contributed by atoms with Crippen LogP contribution in [0.15, 0.2) is 120 Å². The first-order chi connectivity index (χ1) is 30.1. The van der Waals surface area contributed by atoms with Crippen LogP contribution >= 0.6 is 46.4 Å². The Labute approximate surface area is 396 Å². The van der Waals surface area contributed by atoms with E-state index in [1.54, 1.807) is 41.5 Å². The molecule has 2 fully saturated rings. The summed E-state index contributed by atoms with van der Waals surface area (Å²) in [7, 11) is 0. The maximum Gasteiger partial charge on any atom is 0.417 e. The van der Waals surface area contributed by atoms with Gasteiger partial charge in [0.2, 0.25) is 11.8 Å². The number of hydrogen-bond acceptors (Lipinski definition) is 6. The summed E-state index contributed by atoms with van der Waals surface area (Å²) in [4.78, 5) is 54.7. The van der Waals surface area contributed by atoms with Gasteiger partial charge in [-0.2, -0.15) is 0 Å². The Morgan fingerprint density at radius 2 is 0.750 bits per heavy atom. The fourth-order valence-electron chi connectivity index (χ4n) is 9.95. The van der Waals surface area contributed by atoms with Crippen molar-refractivity contribution >= 4 is 70.4 Å². The molecule has 64 heavy (non-hydrogen) atoms. The van der Waals surface area contributed by atoms with Crippen molar-refractivity contribution in [3.05, 3.63) is 163 Å². The van der Waals surface area contributed by atoms with Gasteiger partial charge in [0.1, 0.15) is 11.2 Å². The lowest BCUT2D eigenvalue weighted by Crippen LogP contribution is -2.38. The van der Waals surface area contributed by atoms with Crippen molar-refractivity contribution in [3.8, 4) is 0 Å². The molecule has 4 aromatic rings. The Kier molecular flexibility index (Phi) is 13.8. The fourth-order valence-corrected chi connectivity index (χ4v) is 10.5. The molecule has 0 spiro atoms. The smallest absolute Gasteiger partial charge is 0.417 e. The topological polar surface area (TPSA) is 93.2 Å². The number of likely N-dealkylation sites (tertiary alicyclic amines) is 2. The predicted molar refractivity (Wildman–Crippen MR) is 254 cm³/mol. The molecule has 0 radical (unpaired) electrons. The highest BCUT2D eigenvalue weighted by atomic mass is 35.5. The first kappa shape index (κ1) is 47.4. The summed E-state index contributed by atoms with van der Waals surface area (Å²) >= 11 is 24.6. The summed E-state index contributed by atoms with van der Waals surface area (Å²) in [5.41, 5.74) is 5.32. The maximum atomic E-state index is 13.3. The number of allylic oxidation sites excluding steroid dienone is 2. The van der Waals surface area contributed by atoms with Gasteiger partial charge in [-0.25, -0.2) is 19.4 Å². The van der Waals surface area contributed by atoms with E-state index in [1.165, 1.54) is 9.80 Å². The Balaban J connectivity index is 0.000000191. The minimum Gasteiger partial charge on any atom is -0.443 e. The summed E-state index contributed by atoms with van der Waals surface area (Å²) in [5, 5.41) is 2.68. The number of nitrogens with zero attached hydrogens (tertiary/aromatic N) is 2. The predicted octanol–water partition coefficient (Wildman–Crippen LogP) is 13.7. The van der Waals surface area contributed by atoms with Crippen molar-refractivity contribution < 1.29 is 28.7 Å². The number of benzene rings is 4. The summed E-state index contributed by atoms with van der Waals surface area (Å²) in [6.07, 6.45) is 2.90. The number of fused-ring (bicyclic) bond motifs is 2. The molecular weight excluding hydrogens is 890 g/mol. The van der Waals surface area contributed by atoms with Crippen molar-refractivity contribution in [1.29, 1.82) is 0 Å². The molecule has 0 N–H and O–H groups in total. The van der Waals surface area contributed by atoms with Gasteiger partial charge in [0.15, 0.2) is 0 Å². The summed E-state index contributed by atoms with van der Waals surface area (Å²) in [6.45, 7) is 15.6. The standard InChI is InChI=1S/2C26H27Cl2NO3/c2*1-15-13-20-21(14-29(24(20)30)25(31)32-26(2,3)4)23(17-7-11-19(28)12-8-17)22(15)16-5-9-18(27)10-6-16/h2*5-13,20-23H,14H2,1-4H3/t20-,21+,22-,23+;20-,21-,22-,23-/m01/s1. The van der Waals surface area contributed by atoms with Crippen LogP contribution in [0.2, 0.25) is 20.1 Å². The lowest BCUT2D eigenvalue weighted by Gasteiger charge is -2.39. The molecule has 336 valence electrons. The van der Waals surface area contributed by atoms with Gasteiger partial charge in [-0.3, -0.25) is 9.59 Å². The molecule has 8 atom stereocenters. The molecule has 2 aliphatic carbocycles. The van der Waals surface area contributed by atoms with Crippen molar-refractivity contribution in [2.24, 2.45) is 23.7 Å². The Morgan fingerprint density at radius 1 is 0.484 bits per heavy atom. The first-order valence-electron chi connectivity index (χ1n) is 21.6. The minimum atomic E-state index is -0.668. The van der Waals surface area contributed by atoms with Crippen LogP contribution < -0.4 is 0 Å². The van der Waals surface area contributed by atoms with Crippen LogP contribution in [0.3, 0.4) is 0 Å². The number of hydrogen-bond donors (Lipinski definition) is 0. The molecule has 4 aromatic carbocycles. The quantitative estimate of drug-likeness (QED) is 0.189. The molecule has 0 aromatic heterocycles. The molecular formula is C52H54Cl4N2O6. The van der Waals surface area contributed by atoms with E-state index in [-0.39, 0.29) is 59.2 Å². The van der Waals surface area contributed by atoms with Gasteiger partial charge in [0.05, 0.1) is 11.8 Å². The van der Waals surface area contributed by atoms with Gasteiger partial charge in [-0.15, -0.1) is 0 Å². The number of halogens is 4. The van der Waals surface area contributed by atoms with E-state index in [4.69, 9.17) is 55.9 Å². The van der Waals surface area contributed by atoms with Crippen molar-refractivity contribution in [3.63, 3.8) is 0 Å². The number of carbonyl (C=O) groups excluding carboxylic acids is 4. The highest BCUT2D eigenvalue weighted by Gasteiger charge is 2.53. The summed E-state index contributed by atoms with van der Waals surface area (Å²) < 4.78 is 11.0. The second-order valence-corrected chi connectivity index (χ2v) is 21.0. The molecule has 4 aliphatic rings. The van der Waals surface area contributed by atoms with Crippen LogP contribution in [-0.4, -0.2) is 58.1 Å². The number of carbonyl (C=O) groups is 4. The van der Waals surface area contributed by atoms with E-state index in [0.29, 0.717) is 33.2 Å². The zero-order chi connectivity index (χ0) is 46.4. The van der Waals surface area contributed by atoms with Gasteiger partial charge in [-0.1, -0.05) is 118 Å². The van der Waals surface area contributed by atoms with Gasteiger partial charge < -0.3 is 9.47 Å². The number of rotatable bonds is 4. The summed E-state index contributed by atoms with van der Waals surface area (Å²) in [6, 6.07) is 31.3. The van der Waals surface area contributed by atoms with E-state index in [1.807, 2.05) is 109 Å². The third kappa shape index (κ3) is 10.3. The Morgan fingerprint density at radius 3 is 1.02 bits per heavy atom. The van der Waals surface area contributed by atoms with Crippen LogP contribution in [0.25, 0.3) is 0 Å². The second kappa shape index (κ2) is 18.7. The molecule has 0 saturated carbocycles. The number of amides is 4.